The first-order valence-corrected chi connectivity index (χ1v) is 6.30. The summed E-state index contributed by atoms with van der Waals surface area (Å²) in [6, 6.07) is 0. The number of hydrogen-bond donors (Lipinski definition) is 1. The molecule has 0 fully saturated rings. The quantitative estimate of drug-likeness (QED) is 0.583. The van der Waals surface area contributed by atoms with Crippen LogP contribution in [0.5, 0.6) is 0 Å². The summed E-state index contributed by atoms with van der Waals surface area (Å²) in [5.41, 5.74) is -0.482. The van der Waals surface area contributed by atoms with E-state index in [1.165, 1.54) is 19.3 Å². The fraction of sp³-hybridized carbons (Fsp3) is 0.923. The third-order valence-electron chi connectivity index (χ3n) is 3.18. The van der Waals surface area contributed by atoms with E-state index in [-0.39, 0.29) is 0 Å². The first-order chi connectivity index (χ1) is 7.06. The van der Waals surface area contributed by atoms with E-state index in [4.69, 9.17) is 0 Å². The largest absolute Gasteiger partial charge is 0.481 e. The smallest absolute Gasteiger partial charge is 0.309 e. The van der Waals surface area contributed by atoms with Crippen molar-refractivity contribution in [3.05, 3.63) is 0 Å². The van der Waals surface area contributed by atoms with Gasteiger partial charge in [-0.05, 0) is 19.8 Å². The minimum absolute atomic E-state index is 0.482. The van der Waals surface area contributed by atoms with Crippen molar-refractivity contribution in [1.29, 1.82) is 0 Å². The molecule has 0 spiro atoms. The second kappa shape index (κ2) is 7.72. The van der Waals surface area contributed by atoms with Crippen molar-refractivity contribution in [1.82, 2.24) is 0 Å². The topological polar surface area (TPSA) is 37.3 Å². The fourth-order valence-electron chi connectivity index (χ4n) is 1.85. The Hall–Kier alpha value is -0.530. The van der Waals surface area contributed by atoms with Crippen LogP contribution in [0.25, 0.3) is 0 Å². The summed E-state index contributed by atoms with van der Waals surface area (Å²) >= 11 is 0. The molecule has 1 N–H and O–H groups in total. The van der Waals surface area contributed by atoms with E-state index >= 15 is 0 Å². The highest BCUT2D eigenvalue weighted by atomic mass is 16.4. The molecule has 15 heavy (non-hydrogen) atoms. The maximum atomic E-state index is 11.2. The Kier molecular flexibility index (Phi) is 7.45. The van der Waals surface area contributed by atoms with Gasteiger partial charge in [0.25, 0.3) is 0 Å². The molecule has 2 nitrogen and oxygen atoms in total. The van der Waals surface area contributed by atoms with Gasteiger partial charge in [-0.15, -0.1) is 0 Å². The highest BCUT2D eigenvalue weighted by Gasteiger charge is 2.31. The monoisotopic (exact) mass is 214 g/mol. The van der Waals surface area contributed by atoms with Gasteiger partial charge in [0.1, 0.15) is 0 Å². The van der Waals surface area contributed by atoms with E-state index in [1.807, 2.05) is 6.92 Å². The van der Waals surface area contributed by atoms with Crippen LogP contribution in [0.4, 0.5) is 0 Å². The van der Waals surface area contributed by atoms with Gasteiger partial charge in [-0.3, -0.25) is 4.79 Å². The standard InChI is InChI=1S/C13H26O2/c1-4-6-8-9-11-13(3,12(14)15)10-7-5-2/h4-11H2,1-3H3,(H,14,15). The van der Waals surface area contributed by atoms with Crippen molar-refractivity contribution in [3.63, 3.8) is 0 Å². The van der Waals surface area contributed by atoms with Gasteiger partial charge in [-0.1, -0.05) is 52.4 Å². The summed E-state index contributed by atoms with van der Waals surface area (Å²) in [6.45, 7) is 6.18. The van der Waals surface area contributed by atoms with Gasteiger partial charge in [-0.2, -0.15) is 0 Å². The molecule has 0 aliphatic heterocycles. The lowest BCUT2D eigenvalue weighted by Crippen LogP contribution is -2.27. The molecule has 0 radical (unpaired) electrons. The van der Waals surface area contributed by atoms with E-state index in [1.54, 1.807) is 0 Å². The molecule has 0 aromatic heterocycles. The van der Waals surface area contributed by atoms with Crippen LogP contribution >= 0.6 is 0 Å². The van der Waals surface area contributed by atoms with Crippen LogP contribution < -0.4 is 0 Å². The van der Waals surface area contributed by atoms with Gasteiger partial charge in [0, 0.05) is 0 Å². The average Bonchev–Trinajstić information content (AvgIpc) is 2.21. The van der Waals surface area contributed by atoms with Crippen molar-refractivity contribution in [2.45, 2.75) is 72.1 Å². The summed E-state index contributed by atoms with van der Waals surface area (Å²) in [7, 11) is 0. The summed E-state index contributed by atoms with van der Waals surface area (Å²) in [5, 5.41) is 9.22. The van der Waals surface area contributed by atoms with Gasteiger partial charge in [-0.25, -0.2) is 0 Å². The highest BCUT2D eigenvalue weighted by molar-refractivity contribution is 5.73. The molecule has 0 aromatic carbocycles. The second-order valence-electron chi connectivity index (χ2n) is 4.78. The first kappa shape index (κ1) is 14.5. The Bertz CT molecular complexity index is 177. The van der Waals surface area contributed by atoms with Crippen LogP contribution in [-0.4, -0.2) is 11.1 Å². The van der Waals surface area contributed by atoms with Gasteiger partial charge < -0.3 is 5.11 Å². The zero-order chi connectivity index (χ0) is 11.7. The number of aliphatic carboxylic acids is 1. The maximum Gasteiger partial charge on any atom is 0.309 e. The predicted molar refractivity (Wildman–Crippen MR) is 64.0 cm³/mol. The van der Waals surface area contributed by atoms with Crippen LogP contribution in [0, 0.1) is 5.41 Å². The van der Waals surface area contributed by atoms with E-state index < -0.39 is 11.4 Å². The Labute approximate surface area is 94.1 Å². The zero-order valence-electron chi connectivity index (χ0n) is 10.5. The van der Waals surface area contributed by atoms with E-state index in [0.717, 1.165) is 32.1 Å². The first-order valence-electron chi connectivity index (χ1n) is 6.30. The maximum absolute atomic E-state index is 11.2. The van der Waals surface area contributed by atoms with Gasteiger partial charge in [0.05, 0.1) is 5.41 Å². The van der Waals surface area contributed by atoms with Crippen LogP contribution in [-0.2, 0) is 4.79 Å². The normalized spacial score (nSPS) is 14.9. The number of carboxylic acids is 1. The summed E-state index contributed by atoms with van der Waals surface area (Å²) in [4.78, 5) is 11.2. The van der Waals surface area contributed by atoms with Crippen LogP contribution in [0.3, 0.4) is 0 Å². The minimum Gasteiger partial charge on any atom is -0.481 e. The van der Waals surface area contributed by atoms with E-state index in [2.05, 4.69) is 13.8 Å². The molecule has 90 valence electrons. The molecule has 0 amide bonds. The summed E-state index contributed by atoms with van der Waals surface area (Å²) in [5.74, 6) is -0.618. The molecular formula is C13H26O2. The molecule has 1 atom stereocenters. The van der Waals surface area contributed by atoms with Crippen molar-refractivity contribution in [3.8, 4) is 0 Å². The molecular weight excluding hydrogens is 188 g/mol. The molecule has 0 rings (SSSR count). The van der Waals surface area contributed by atoms with Crippen molar-refractivity contribution >= 4 is 5.97 Å². The van der Waals surface area contributed by atoms with Gasteiger partial charge >= 0.3 is 5.97 Å². The lowest BCUT2D eigenvalue weighted by atomic mass is 9.80. The van der Waals surface area contributed by atoms with Crippen LogP contribution in [0.2, 0.25) is 0 Å². The molecule has 0 saturated heterocycles. The Morgan fingerprint density at radius 3 is 2.00 bits per heavy atom. The van der Waals surface area contributed by atoms with Crippen LogP contribution in [0.1, 0.15) is 72.1 Å². The molecule has 0 aliphatic carbocycles. The number of carboxylic acid groups (broad SMARTS) is 1. The minimum atomic E-state index is -0.618. The van der Waals surface area contributed by atoms with E-state index in [0.29, 0.717) is 0 Å². The number of unbranched alkanes of at least 4 members (excludes halogenated alkanes) is 4. The second-order valence-corrected chi connectivity index (χ2v) is 4.78. The third kappa shape index (κ3) is 5.81. The third-order valence-corrected chi connectivity index (χ3v) is 3.18. The van der Waals surface area contributed by atoms with Gasteiger partial charge in [0.15, 0.2) is 0 Å². The van der Waals surface area contributed by atoms with Crippen molar-refractivity contribution in [2.75, 3.05) is 0 Å². The molecule has 1 unspecified atom stereocenters. The molecule has 0 aliphatic rings. The van der Waals surface area contributed by atoms with Gasteiger partial charge in [0.2, 0.25) is 0 Å². The molecule has 0 aromatic rings. The number of rotatable bonds is 9. The number of hydrogen-bond acceptors (Lipinski definition) is 1. The lowest BCUT2D eigenvalue weighted by Gasteiger charge is -2.24. The predicted octanol–water partition coefficient (Wildman–Crippen LogP) is 4.24. The van der Waals surface area contributed by atoms with Crippen molar-refractivity contribution < 1.29 is 9.90 Å². The summed E-state index contributed by atoms with van der Waals surface area (Å²) in [6.07, 6.45) is 8.43. The van der Waals surface area contributed by atoms with Crippen LogP contribution in [0.15, 0.2) is 0 Å². The molecule has 0 saturated carbocycles. The molecule has 0 heterocycles. The Balaban J connectivity index is 3.96. The average molecular weight is 214 g/mol. The Morgan fingerprint density at radius 1 is 1.00 bits per heavy atom. The Morgan fingerprint density at radius 2 is 1.53 bits per heavy atom. The summed E-state index contributed by atoms with van der Waals surface area (Å²) < 4.78 is 0. The molecule has 2 heteroatoms. The van der Waals surface area contributed by atoms with E-state index in [9.17, 15) is 9.90 Å². The highest BCUT2D eigenvalue weighted by Crippen LogP contribution is 2.31. The zero-order valence-corrected chi connectivity index (χ0v) is 10.5. The SMILES string of the molecule is CCCCCCC(C)(CCCC)C(=O)O. The fourth-order valence-corrected chi connectivity index (χ4v) is 1.85. The van der Waals surface area contributed by atoms with Crippen molar-refractivity contribution in [2.24, 2.45) is 5.41 Å². The lowest BCUT2D eigenvalue weighted by molar-refractivity contribution is -0.149. The molecule has 0 bridgehead atoms. The number of carbonyl (C=O) groups is 1.